The Morgan fingerprint density at radius 3 is 2.82 bits per heavy atom. The molecular formula is C15H20N2O5. The first-order valence-electron chi connectivity index (χ1n) is 7.33. The van der Waals surface area contributed by atoms with Gasteiger partial charge in [-0.25, -0.2) is 0 Å². The lowest BCUT2D eigenvalue weighted by atomic mass is 9.93. The van der Waals surface area contributed by atoms with Gasteiger partial charge in [-0.2, -0.15) is 0 Å². The molecular weight excluding hydrogens is 288 g/mol. The number of carbonyl (C=O) groups excluding carboxylic acids is 2. The fraction of sp³-hybridized carbons (Fsp3) is 0.533. The van der Waals surface area contributed by atoms with Gasteiger partial charge in [-0.05, 0) is 31.9 Å². The van der Waals surface area contributed by atoms with Crippen LogP contribution in [0.15, 0.2) is 22.8 Å². The van der Waals surface area contributed by atoms with Gasteiger partial charge in [0.2, 0.25) is 5.91 Å². The minimum absolute atomic E-state index is 0.0314. The topological polar surface area (TPSA) is 99.9 Å². The Bertz CT molecular complexity index is 540. The lowest BCUT2D eigenvalue weighted by molar-refractivity contribution is -0.147. The van der Waals surface area contributed by atoms with Crippen LogP contribution in [0.3, 0.4) is 0 Å². The highest BCUT2D eigenvalue weighted by Crippen LogP contribution is 2.22. The second-order valence-corrected chi connectivity index (χ2v) is 5.49. The predicted octanol–water partition coefficient (Wildman–Crippen LogP) is 1.11. The fourth-order valence-corrected chi connectivity index (χ4v) is 2.58. The number of rotatable bonds is 5. The second kappa shape index (κ2) is 7.11. The maximum Gasteiger partial charge on any atom is 0.308 e. The first-order chi connectivity index (χ1) is 10.5. The van der Waals surface area contributed by atoms with E-state index >= 15 is 0 Å². The lowest BCUT2D eigenvalue weighted by Gasteiger charge is -2.36. The van der Waals surface area contributed by atoms with Crippen molar-refractivity contribution in [3.05, 3.63) is 24.2 Å². The Balaban J connectivity index is 1.81. The summed E-state index contributed by atoms with van der Waals surface area (Å²) in [6, 6.07) is 3.19. The summed E-state index contributed by atoms with van der Waals surface area (Å²) in [6.45, 7) is 2.35. The van der Waals surface area contributed by atoms with Crippen molar-refractivity contribution in [1.29, 1.82) is 0 Å². The van der Waals surface area contributed by atoms with E-state index in [0.29, 0.717) is 12.8 Å². The van der Waals surface area contributed by atoms with E-state index in [1.54, 1.807) is 17.0 Å². The lowest BCUT2D eigenvalue weighted by Crippen LogP contribution is -2.48. The third-order valence-corrected chi connectivity index (χ3v) is 3.92. The Labute approximate surface area is 128 Å². The average molecular weight is 308 g/mol. The fourth-order valence-electron chi connectivity index (χ4n) is 2.58. The van der Waals surface area contributed by atoms with Crippen molar-refractivity contribution in [2.24, 2.45) is 5.92 Å². The number of aliphatic carboxylic acids is 1. The van der Waals surface area contributed by atoms with Gasteiger partial charge in [-0.3, -0.25) is 14.4 Å². The SMILES string of the molecule is CC1CCC(C(=O)O)CN1C(=O)CCNC(=O)c1ccco1. The first kappa shape index (κ1) is 16.1. The highest BCUT2D eigenvalue weighted by molar-refractivity contribution is 5.91. The number of hydrogen-bond donors (Lipinski definition) is 2. The van der Waals surface area contributed by atoms with Crippen molar-refractivity contribution in [2.45, 2.75) is 32.2 Å². The summed E-state index contributed by atoms with van der Waals surface area (Å²) in [5.41, 5.74) is 0. The molecule has 1 aliphatic rings. The molecule has 0 aliphatic carbocycles. The molecule has 120 valence electrons. The Morgan fingerprint density at radius 1 is 1.41 bits per heavy atom. The smallest absolute Gasteiger partial charge is 0.308 e. The molecule has 2 unspecified atom stereocenters. The molecule has 0 aromatic carbocycles. The third kappa shape index (κ3) is 3.87. The van der Waals surface area contributed by atoms with Crippen molar-refractivity contribution in [3.8, 4) is 0 Å². The van der Waals surface area contributed by atoms with Gasteiger partial charge in [0, 0.05) is 25.6 Å². The van der Waals surface area contributed by atoms with Gasteiger partial charge < -0.3 is 19.7 Å². The number of hydrogen-bond acceptors (Lipinski definition) is 4. The first-order valence-corrected chi connectivity index (χ1v) is 7.33. The average Bonchev–Trinajstić information content (AvgIpc) is 3.01. The third-order valence-electron chi connectivity index (χ3n) is 3.92. The number of carbonyl (C=O) groups is 3. The van der Waals surface area contributed by atoms with Crippen LogP contribution in [0.4, 0.5) is 0 Å². The number of nitrogens with one attached hydrogen (secondary N) is 1. The molecule has 22 heavy (non-hydrogen) atoms. The van der Waals surface area contributed by atoms with Crippen LogP contribution in [0.25, 0.3) is 0 Å². The van der Waals surface area contributed by atoms with Crippen molar-refractivity contribution in [2.75, 3.05) is 13.1 Å². The summed E-state index contributed by atoms with van der Waals surface area (Å²) in [5.74, 6) is -1.68. The molecule has 1 aromatic rings. The molecule has 7 nitrogen and oxygen atoms in total. The van der Waals surface area contributed by atoms with E-state index in [-0.39, 0.29) is 43.1 Å². The zero-order chi connectivity index (χ0) is 16.1. The minimum atomic E-state index is -0.865. The molecule has 2 atom stereocenters. The molecule has 2 heterocycles. The molecule has 7 heteroatoms. The van der Waals surface area contributed by atoms with E-state index in [2.05, 4.69) is 5.32 Å². The normalized spacial score (nSPS) is 21.4. The summed E-state index contributed by atoms with van der Waals surface area (Å²) >= 11 is 0. The largest absolute Gasteiger partial charge is 0.481 e. The molecule has 0 spiro atoms. The standard InChI is InChI=1S/C15H20N2O5/c1-10-4-5-11(15(20)21)9-17(10)13(18)6-7-16-14(19)12-3-2-8-22-12/h2-3,8,10-11H,4-7,9H2,1H3,(H,16,19)(H,20,21). The van der Waals surface area contributed by atoms with Gasteiger partial charge in [0.1, 0.15) is 0 Å². The van der Waals surface area contributed by atoms with Gasteiger partial charge in [-0.1, -0.05) is 0 Å². The van der Waals surface area contributed by atoms with Crippen LogP contribution in [-0.4, -0.2) is 46.9 Å². The molecule has 2 amide bonds. The highest BCUT2D eigenvalue weighted by Gasteiger charge is 2.32. The van der Waals surface area contributed by atoms with E-state index in [0.717, 1.165) is 0 Å². The van der Waals surface area contributed by atoms with Crippen LogP contribution in [0, 0.1) is 5.92 Å². The van der Waals surface area contributed by atoms with Crippen molar-refractivity contribution < 1.29 is 23.9 Å². The Morgan fingerprint density at radius 2 is 2.18 bits per heavy atom. The van der Waals surface area contributed by atoms with E-state index < -0.39 is 11.9 Å². The van der Waals surface area contributed by atoms with Crippen LogP contribution in [0.5, 0.6) is 0 Å². The number of likely N-dealkylation sites (tertiary alicyclic amines) is 1. The zero-order valence-electron chi connectivity index (χ0n) is 12.4. The van der Waals surface area contributed by atoms with Gasteiger partial charge in [0.15, 0.2) is 5.76 Å². The number of carboxylic acids is 1. The second-order valence-electron chi connectivity index (χ2n) is 5.49. The van der Waals surface area contributed by atoms with Crippen LogP contribution in [0.2, 0.25) is 0 Å². The number of piperidine rings is 1. The number of nitrogens with zero attached hydrogens (tertiary/aromatic N) is 1. The zero-order valence-corrected chi connectivity index (χ0v) is 12.4. The van der Waals surface area contributed by atoms with Crippen LogP contribution >= 0.6 is 0 Å². The molecule has 0 radical (unpaired) electrons. The molecule has 2 N–H and O–H groups in total. The van der Waals surface area contributed by atoms with Crippen LogP contribution in [0.1, 0.15) is 36.7 Å². The summed E-state index contributed by atoms with van der Waals surface area (Å²) in [6.07, 6.45) is 2.82. The molecule has 1 aromatic heterocycles. The van der Waals surface area contributed by atoms with Gasteiger partial charge in [0.25, 0.3) is 5.91 Å². The molecule has 0 bridgehead atoms. The molecule has 1 aliphatic heterocycles. The minimum Gasteiger partial charge on any atom is -0.481 e. The van der Waals surface area contributed by atoms with Crippen molar-refractivity contribution >= 4 is 17.8 Å². The van der Waals surface area contributed by atoms with Crippen molar-refractivity contribution in [3.63, 3.8) is 0 Å². The van der Waals surface area contributed by atoms with Gasteiger partial charge in [-0.15, -0.1) is 0 Å². The van der Waals surface area contributed by atoms with Gasteiger partial charge in [0.05, 0.1) is 12.2 Å². The van der Waals surface area contributed by atoms with E-state index in [1.165, 1.54) is 6.26 Å². The molecule has 1 saturated heterocycles. The maximum absolute atomic E-state index is 12.2. The van der Waals surface area contributed by atoms with E-state index in [1.807, 2.05) is 6.92 Å². The molecule has 0 saturated carbocycles. The molecule has 1 fully saturated rings. The number of carboxylic acid groups (broad SMARTS) is 1. The van der Waals surface area contributed by atoms with Gasteiger partial charge >= 0.3 is 5.97 Å². The number of furan rings is 1. The number of amides is 2. The summed E-state index contributed by atoms with van der Waals surface area (Å²) in [5, 5.41) is 11.7. The predicted molar refractivity (Wildman–Crippen MR) is 77.2 cm³/mol. The summed E-state index contributed by atoms with van der Waals surface area (Å²) in [7, 11) is 0. The molecule has 2 rings (SSSR count). The van der Waals surface area contributed by atoms with E-state index in [4.69, 9.17) is 9.52 Å². The summed E-state index contributed by atoms with van der Waals surface area (Å²) in [4.78, 5) is 36.5. The van der Waals surface area contributed by atoms with Crippen LogP contribution in [-0.2, 0) is 9.59 Å². The Hall–Kier alpha value is -2.31. The van der Waals surface area contributed by atoms with E-state index in [9.17, 15) is 14.4 Å². The van der Waals surface area contributed by atoms with Crippen molar-refractivity contribution in [1.82, 2.24) is 10.2 Å². The summed E-state index contributed by atoms with van der Waals surface area (Å²) < 4.78 is 4.95. The Kier molecular flexibility index (Phi) is 5.19. The maximum atomic E-state index is 12.2. The quantitative estimate of drug-likeness (QED) is 0.849. The monoisotopic (exact) mass is 308 g/mol. The van der Waals surface area contributed by atoms with Crippen LogP contribution < -0.4 is 5.32 Å². The highest BCUT2D eigenvalue weighted by atomic mass is 16.4.